The Morgan fingerprint density at radius 2 is 2.07 bits per heavy atom. The molecule has 0 saturated carbocycles. The normalized spacial score (nSPS) is 15.4. The zero-order valence-corrected chi connectivity index (χ0v) is 8.71. The Labute approximate surface area is 86.0 Å². The summed E-state index contributed by atoms with van der Waals surface area (Å²) in [7, 11) is -0.0563. The molecule has 0 radical (unpaired) electrons. The first kappa shape index (κ1) is 11.7. The molecule has 0 aliphatic carbocycles. The minimum absolute atomic E-state index is 0.576. The van der Waals surface area contributed by atoms with E-state index in [-0.39, 0.29) is 0 Å². The molecule has 1 rings (SSSR count). The molecule has 80 valence electrons. The van der Waals surface area contributed by atoms with E-state index < -0.39 is 25.5 Å². The maximum Gasteiger partial charge on any atom is 0.413 e. The van der Waals surface area contributed by atoms with Crippen LogP contribution in [0, 0.1) is 0 Å². The third-order valence-electron chi connectivity index (χ3n) is 1.25. The minimum atomic E-state index is -4.95. The summed E-state index contributed by atoms with van der Waals surface area (Å²) in [5.74, 6) is 0. The monoisotopic (exact) mass is 265 g/mol. The molecule has 14 heavy (non-hydrogen) atoms. The Morgan fingerprint density at radius 1 is 1.50 bits per heavy atom. The van der Waals surface area contributed by atoms with E-state index >= 15 is 0 Å². The van der Waals surface area contributed by atoms with Gasteiger partial charge in [0.25, 0.3) is 9.05 Å². The van der Waals surface area contributed by atoms with Crippen molar-refractivity contribution in [2.24, 2.45) is 0 Å². The van der Waals surface area contributed by atoms with Crippen LogP contribution in [0.1, 0.15) is 10.3 Å². The van der Waals surface area contributed by atoms with Crippen LogP contribution in [0.4, 0.5) is 13.2 Å². The zero-order chi connectivity index (χ0) is 11.0. The van der Waals surface area contributed by atoms with Gasteiger partial charge in [-0.15, -0.1) is 11.3 Å². The smallest absolute Gasteiger partial charge is 0.248 e. The Hall–Kier alpha value is -0.340. The molecule has 0 aromatic carbocycles. The predicted molar refractivity (Wildman–Crippen MR) is 45.7 cm³/mol. The van der Waals surface area contributed by atoms with Crippen LogP contribution in [0.25, 0.3) is 0 Å². The van der Waals surface area contributed by atoms with Crippen molar-refractivity contribution in [2.75, 3.05) is 0 Å². The van der Waals surface area contributed by atoms with Crippen molar-refractivity contribution in [1.82, 2.24) is 4.98 Å². The summed E-state index contributed by atoms with van der Waals surface area (Å²) in [6.07, 6.45) is -3.86. The Kier molecular flexibility index (Phi) is 3.07. The van der Waals surface area contributed by atoms with Crippen LogP contribution in [0.5, 0.6) is 0 Å². The number of aromatic nitrogens is 1. The summed E-state index contributed by atoms with van der Waals surface area (Å²) >= 11 is 0.590. The average molecular weight is 266 g/mol. The average Bonchev–Trinajstić information content (AvgIpc) is 2.31. The number of halogens is 4. The lowest BCUT2D eigenvalue weighted by Crippen LogP contribution is -2.25. The summed E-state index contributed by atoms with van der Waals surface area (Å²) in [4.78, 5) is 3.28. The topological polar surface area (TPSA) is 47.0 Å². The maximum atomic E-state index is 12.3. The van der Waals surface area contributed by atoms with Gasteiger partial charge in [-0.05, 0) is 0 Å². The van der Waals surface area contributed by atoms with Gasteiger partial charge in [0, 0.05) is 22.3 Å². The van der Waals surface area contributed by atoms with E-state index in [2.05, 4.69) is 4.98 Å². The molecule has 3 nitrogen and oxygen atoms in total. The highest BCUT2D eigenvalue weighted by Gasteiger charge is 2.50. The standard InChI is InChI=1S/C5H3ClF3NO2S2/c6-14(11,12)3(5(7,8)9)4-10-1-2-13-4/h1-3H. The molecule has 0 aliphatic rings. The van der Waals surface area contributed by atoms with Gasteiger partial charge < -0.3 is 0 Å². The molecule has 0 saturated heterocycles. The number of thiazole rings is 1. The van der Waals surface area contributed by atoms with E-state index in [0.717, 1.165) is 6.20 Å². The van der Waals surface area contributed by atoms with Gasteiger partial charge in [0.1, 0.15) is 5.01 Å². The van der Waals surface area contributed by atoms with Crippen molar-refractivity contribution >= 4 is 31.1 Å². The summed E-state index contributed by atoms with van der Waals surface area (Å²) < 4.78 is 58.2. The van der Waals surface area contributed by atoms with Crippen LogP contribution in [0.3, 0.4) is 0 Å². The van der Waals surface area contributed by atoms with Crippen LogP contribution in [-0.4, -0.2) is 19.6 Å². The van der Waals surface area contributed by atoms with Crippen LogP contribution < -0.4 is 0 Å². The third-order valence-corrected chi connectivity index (χ3v) is 3.83. The second-order valence-corrected chi connectivity index (χ2v) is 5.91. The maximum absolute atomic E-state index is 12.3. The molecule has 1 atom stereocenters. The number of rotatable bonds is 2. The predicted octanol–water partition coefficient (Wildman–Crippen LogP) is 2.32. The molecule has 9 heteroatoms. The van der Waals surface area contributed by atoms with Crippen LogP contribution >= 0.6 is 22.0 Å². The van der Waals surface area contributed by atoms with Crippen molar-refractivity contribution in [2.45, 2.75) is 11.4 Å². The van der Waals surface area contributed by atoms with Gasteiger partial charge >= 0.3 is 6.18 Å². The quantitative estimate of drug-likeness (QED) is 0.771. The van der Waals surface area contributed by atoms with Gasteiger partial charge in [-0.25, -0.2) is 13.4 Å². The first-order chi connectivity index (χ1) is 6.23. The molecular formula is C5H3ClF3NO2S2. The van der Waals surface area contributed by atoms with Gasteiger partial charge in [0.2, 0.25) is 5.25 Å². The number of hydrogen-bond acceptors (Lipinski definition) is 4. The molecule has 1 aromatic heterocycles. The molecule has 1 aromatic rings. The third kappa shape index (κ3) is 2.58. The fraction of sp³-hybridized carbons (Fsp3) is 0.400. The van der Waals surface area contributed by atoms with E-state index in [4.69, 9.17) is 10.7 Å². The number of nitrogens with zero attached hydrogens (tertiary/aromatic N) is 1. The van der Waals surface area contributed by atoms with E-state index in [1.54, 1.807) is 0 Å². The summed E-state index contributed by atoms with van der Waals surface area (Å²) in [6.45, 7) is 0. The molecule has 0 bridgehead atoms. The van der Waals surface area contributed by atoms with E-state index in [1.165, 1.54) is 5.38 Å². The second-order valence-electron chi connectivity index (χ2n) is 2.27. The van der Waals surface area contributed by atoms with Gasteiger partial charge in [-0.3, -0.25) is 0 Å². The highest BCUT2D eigenvalue weighted by Crippen LogP contribution is 2.41. The highest BCUT2D eigenvalue weighted by atomic mass is 35.7. The first-order valence-corrected chi connectivity index (χ1v) is 6.37. The molecular weight excluding hydrogens is 263 g/mol. The first-order valence-electron chi connectivity index (χ1n) is 3.12. The molecule has 1 heterocycles. The lowest BCUT2D eigenvalue weighted by Gasteiger charge is -2.14. The Bertz CT molecular complexity index is 399. The molecule has 1 unspecified atom stereocenters. The summed E-state index contributed by atoms with van der Waals surface area (Å²) in [6, 6.07) is 0. The van der Waals surface area contributed by atoms with Crippen LogP contribution in [-0.2, 0) is 9.05 Å². The van der Waals surface area contributed by atoms with E-state index in [1.807, 2.05) is 0 Å². The molecule has 0 N–H and O–H groups in total. The van der Waals surface area contributed by atoms with Crippen molar-refractivity contribution in [3.05, 3.63) is 16.6 Å². The van der Waals surface area contributed by atoms with Gasteiger partial charge in [0.15, 0.2) is 0 Å². The fourth-order valence-corrected chi connectivity index (χ4v) is 3.31. The summed E-state index contributed by atoms with van der Waals surface area (Å²) in [5, 5.41) is -2.07. The van der Waals surface area contributed by atoms with Crippen molar-refractivity contribution in [1.29, 1.82) is 0 Å². The van der Waals surface area contributed by atoms with Gasteiger partial charge in [-0.2, -0.15) is 13.2 Å². The molecule has 0 aliphatic heterocycles. The lowest BCUT2D eigenvalue weighted by molar-refractivity contribution is -0.131. The van der Waals surface area contributed by atoms with Gasteiger partial charge in [-0.1, -0.05) is 0 Å². The van der Waals surface area contributed by atoms with E-state index in [9.17, 15) is 21.6 Å². The Balaban J connectivity index is 3.22. The number of hydrogen-bond donors (Lipinski definition) is 0. The lowest BCUT2D eigenvalue weighted by atomic mass is 10.4. The second kappa shape index (κ2) is 3.67. The highest BCUT2D eigenvalue weighted by molar-refractivity contribution is 8.14. The number of alkyl halides is 3. The fourth-order valence-electron chi connectivity index (χ4n) is 0.784. The Morgan fingerprint density at radius 3 is 2.36 bits per heavy atom. The zero-order valence-electron chi connectivity index (χ0n) is 6.32. The summed E-state index contributed by atoms with van der Waals surface area (Å²) in [5.41, 5.74) is 0. The largest absolute Gasteiger partial charge is 0.413 e. The van der Waals surface area contributed by atoms with Crippen LogP contribution in [0.2, 0.25) is 0 Å². The minimum Gasteiger partial charge on any atom is -0.248 e. The van der Waals surface area contributed by atoms with Crippen molar-refractivity contribution < 1.29 is 21.6 Å². The molecule has 0 spiro atoms. The van der Waals surface area contributed by atoms with Crippen molar-refractivity contribution in [3.8, 4) is 0 Å². The molecule has 0 fully saturated rings. The van der Waals surface area contributed by atoms with Crippen LogP contribution in [0.15, 0.2) is 11.6 Å². The molecule has 0 amide bonds. The SMILES string of the molecule is O=S(=O)(Cl)C(c1nccs1)C(F)(F)F. The van der Waals surface area contributed by atoms with Crippen molar-refractivity contribution in [3.63, 3.8) is 0 Å². The van der Waals surface area contributed by atoms with Gasteiger partial charge in [0.05, 0.1) is 0 Å². The van der Waals surface area contributed by atoms with E-state index in [0.29, 0.717) is 11.3 Å².